The van der Waals surface area contributed by atoms with Gasteiger partial charge in [-0.15, -0.1) is 0 Å². The summed E-state index contributed by atoms with van der Waals surface area (Å²) in [4.78, 5) is 35.5. The van der Waals surface area contributed by atoms with Gasteiger partial charge in [0.05, 0.1) is 13.2 Å². The molecule has 0 aliphatic rings. The third-order valence-corrected chi connectivity index (χ3v) is 3.37. The van der Waals surface area contributed by atoms with Crippen molar-refractivity contribution in [2.24, 2.45) is 0 Å². The second kappa shape index (κ2) is 10.0. The van der Waals surface area contributed by atoms with Crippen LogP contribution in [0.5, 0.6) is 0 Å². The number of rotatable bonds is 8. The second-order valence-corrected chi connectivity index (χ2v) is 5.37. The summed E-state index contributed by atoms with van der Waals surface area (Å²) in [5.41, 5.74) is 0.514. The van der Waals surface area contributed by atoms with Gasteiger partial charge in [-0.25, -0.2) is 9.18 Å². The first-order chi connectivity index (χ1) is 11.9. The zero-order chi connectivity index (χ0) is 18.8. The van der Waals surface area contributed by atoms with Gasteiger partial charge in [-0.1, -0.05) is 12.1 Å². The average Bonchev–Trinajstić information content (AvgIpc) is 2.56. The molecular weight excluding hydrogens is 329 g/mol. The summed E-state index contributed by atoms with van der Waals surface area (Å²) in [7, 11) is 1.17. The summed E-state index contributed by atoms with van der Waals surface area (Å²) in [5.74, 6) is -2.20. The van der Waals surface area contributed by atoms with Crippen LogP contribution in [0, 0.1) is 17.1 Å². The maximum atomic E-state index is 13.3. The van der Waals surface area contributed by atoms with E-state index in [1.807, 2.05) is 6.07 Å². The number of carbonyl (C=O) groups excluding carboxylic acids is 3. The molecule has 0 saturated heterocycles. The molecule has 7 nitrogen and oxygen atoms in total. The monoisotopic (exact) mass is 349 g/mol. The van der Waals surface area contributed by atoms with Crippen LogP contribution in [-0.4, -0.2) is 37.0 Å². The third-order valence-electron chi connectivity index (χ3n) is 3.37. The predicted octanol–water partition coefficient (Wildman–Crippen LogP) is 0.834. The van der Waals surface area contributed by atoms with Crippen molar-refractivity contribution in [3.63, 3.8) is 0 Å². The number of amides is 2. The fourth-order valence-electron chi connectivity index (χ4n) is 2.23. The van der Waals surface area contributed by atoms with E-state index in [-0.39, 0.29) is 19.3 Å². The highest BCUT2D eigenvalue weighted by molar-refractivity contribution is 5.90. The van der Waals surface area contributed by atoms with Crippen LogP contribution in [0.25, 0.3) is 0 Å². The van der Waals surface area contributed by atoms with Crippen LogP contribution in [0.3, 0.4) is 0 Å². The lowest BCUT2D eigenvalue weighted by molar-refractivity contribution is -0.145. The first-order valence-electron chi connectivity index (χ1n) is 7.64. The smallest absolute Gasteiger partial charge is 0.328 e. The number of nitrogens with one attached hydrogen (secondary N) is 2. The Kier molecular flexibility index (Phi) is 8.06. The Morgan fingerprint density at radius 2 is 2.00 bits per heavy atom. The van der Waals surface area contributed by atoms with Gasteiger partial charge in [0.1, 0.15) is 17.9 Å². The molecule has 134 valence electrons. The van der Waals surface area contributed by atoms with E-state index >= 15 is 0 Å². The van der Waals surface area contributed by atoms with E-state index in [2.05, 4.69) is 15.4 Å². The molecule has 2 amide bonds. The minimum atomic E-state index is -0.999. The van der Waals surface area contributed by atoms with Gasteiger partial charge in [0.15, 0.2) is 0 Å². The molecule has 0 fully saturated rings. The number of carbonyl (C=O) groups is 3. The van der Waals surface area contributed by atoms with Crippen LogP contribution in [-0.2, 0) is 25.5 Å². The van der Waals surface area contributed by atoms with Crippen molar-refractivity contribution >= 4 is 17.8 Å². The Morgan fingerprint density at radius 3 is 2.56 bits per heavy atom. The van der Waals surface area contributed by atoms with Gasteiger partial charge >= 0.3 is 5.97 Å². The van der Waals surface area contributed by atoms with Crippen LogP contribution in [0.15, 0.2) is 24.3 Å². The molecule has 25 heavy (non-hydrogen) atoms. The molecular formula is C17H20FN3O4. The Hall–Kier alpha value is -2.95. The van der Waals surface area contributed by atoms with Crippen molar-refractivity contribution < 1.29 is 23.5 Å². The number of nitrogens with zero attached hydrogens (tertiary/aromatic N) is 1. The molecule has 0 radical (unpaired) electrons. The summed E-state index contributed by atoms with van der Waals surface area (Å²) in [6, 6.07) is 5.55. The van der Waals surface area contributed by atoms with Crippen LogP contribution in [0.1, 0.15) is 25.3 Å². The molecule has 2 atom stereocenters. The lowest BCUT2D eigenvalue weighted by Crippen LogP contribution is -2.52. The fraction of sp³-hybridized carbons (Fsp3) is 0.412. The highest BCUT2D eigenvalue weighted by Gasteiger charge is 2.26. The molecule has 0 unspecified atom stereocenters. The van der Waals surface area contributed by atoms with Crippen LogP contribution in [0.2, 0.25) is 0 Å². The molecule has 1 aromatic carbocycles. The van der Waals surface area contributed by atoms with Gasteiger partial charge < -0.3 is 15.4 Å². The Morgan fingerprint density at radius 1 is 1.28 bits per heavy atom. The molecule has 0 heterocycles. The summed E-state index contributed by atoms with van der Waals surface area (Å²) in [5, 5.41) is 13.6. The van der Waals surface area contributed by atoms with Crippen molar-refractivity contribution in [1.82, 2.24) is 10.6 Å². The zero-order valence-corrected chi connectivity index (χ0v) is 14.0. The van der Waals surface area contributed by atoms with Crippen molar-refractivity contribution in [3.8, 4) is 6.07 Å². The molecule has 1 aromatic rings. The van der Waals surface area contributed by atoms with Crippen LogP contribution < -0.4 is 10.6 Å². The van der Waals surface area contributed by atoms with Crippen LogP contribution in [0.4, 0.5) is 4.39 Å². The molecule has 0 saturated carbocycles. The van der Waals surface area contributed by atoms with E-state index in [0.717, 1.165) is 0 Å². The fourth-order valence-corrected chi connectivity index (χ4v) is 2.23. The number of benzene rings is 1. The van der Waals surface area contributed by atoms with Gasteiger partial charge in [-0.3, -0.25) is 9.59 Å². The molecule has 0 aromatic heterocycles. The standard InChI is InChI=1S/C17H20FN3O4/c1-11(22)20-15(10-12-5-3-6-13(18)9-12)16(23)21-14(7-4-8-19)17(24)25-2/h3,5-6,9,14-15H,4,7,10H2,1-2H3,(H,20,22)(H,21,23)/t14-,15+/m0/s1. The van der Waals surface area contributed by atoms with Gasteiger partial charge in [0.2, 0.25) is 11.8 Å². The van der Waals surface area contributed by atoms with E-state index in [4.69, 9.17) is 5.26 Å². The number of ether oxygens (including phenoxy) is 1. The SMILES string of the molecule is COC(=O)[C@H](CCC#N)NC(=O)[C@@H](Cc1cccc(F)c1)NC(C)=O. The molecule has 0 spiro atoms. The topological polar surface area (TPSA) is 108 Å². The van der Waals surface area contributed by atoms with Crippen molar-refractivity contribution in [2.45, 2.75) is 38.3 Å². The maximum Gasteiger partial charge on any atom is 0.328 e. The first-order valence-corrected chi connectivity index (χ1v) is 7.64. The second-order valence-electron chi connectivity index (χ2n) is 5.37. The number of esters is 1. The van der Waals surface area contributed by atoms with Crippen molar-refractivity contribution in [1.29, 1.82) is 5.26 Å². The summed E-state index contributed by atoms with van der Waals surface area (Å²) < 4.78 is 17.9. The summed E-state index contributed by atoms with van der Waals surface area (Å²) >= 11 is 0. The molecule has 2 N–H and O–H groups in total. The first kappa shape index (κ1) is 20.1. The van der Waals surface area contributed by atoms with Crippen molar-refractivity contribution in [2.75, 3.05) is 7.11 Å². The average molecular weight is 349 g/mol. The highest BCUT2D eigenvalue weighted by atomic mass is 19.1. The van der Waals surface area contributed by atoms with E-state index in [1.165, 1.54) is 32.2 Å². The minimum Gasteiger partial charge on any atom is -0.467 e. The lowest BCUT2D eigenvalue weighted by atomic mass is 10.0. The number of nitriles is 1. The van der Waals surface area contributed by atoms with E-state index in [0.29, 0.717) is 5.56 Å². The number of halogens is 1. The minimum absolute atomic E-state index is 0.0503. The Labute approximate surface area is 145 Å². The zero-order valence-electron chi connectivity index (χ0n) is 14.0. The molecule has 0 bridgehead atoms. The molecule has 0 aliphatic carbocycles. The maximum absolute atomic E-state index is 13.3. The summed E-state index contributed by atoms with van der Waals surface area (Å²) in [6.45, 7) is 1.25. The predicted molar refractivity (Wildman–Crippen MR) is 86.5 cm³/mol. The number of hydrogen-bond acceptors (Lipinski definition) is 5. The number of hydrogen-bond donors (Lipinski definition) is 2. The van der Waals surface area contributed by atoms with Gasteiger partial charge in [-0.05, 0) is 24.1 Å². The molecule has 0 aliphatic heterocycles. The largest absolute Gasteiger partial charge is 0.467 e. The van der Waals surface area contributed by atoms with Crippen molar-refractivity contribution in [3.05, 3.63) is 35.6 Å². The van der Waals surface area contributed by atoms with Gasteiger partial charge in [0, 0.05) is 19.8 Å². The lowest BCUT2D eigenvalue weighted by Gasteiger charge is -2.21. The van der Waals surface area contributed by atoms with Crippen LogP contribution >= 0.6 is 0 Å². The number of methoxy groups -OCH3 is 1. The van der Waals surface area contributed by atoms with Gasteiger partial charge in [-0.2, -0.15) is 5.26 Å². The Bertz CT molecular complexity index is 672. The third kappa shape index (κ3) is 6.99. The Balaban J connectivity index is 2.89. The van der Waals surface area contributed by atoms with E-state index in [9.17, 15) is 18.8 Å². The quantitative estimate of drug-likeness (QED) is 0.676. The van der Waals surface area contributed by atoms with E-state index in [1.54, 1.807) is 6.07 Å². The summed E-state index contributed by atoms with van der Waals surface area (Å²) in [6.07, 6.45) is 0.186. The molecule has 8 heteroatoms. The normalized spacial score (nSPS) is 12.4. The van der Waals surface area contributed by atoms with Gasteiger partial charge in [0.25, 0.3) is 0 Å². The highest BCUT2D eigenvalue weighted by Crippen LogP contribution is 2.08. The molecule has 1 rings (SSSR count). The van der Waals surface area contributed by atoms with E-state index < -0.39 is 35.7 Å².